The quantitative estimate of drug-likeness (QED) is 0.834. The van der Waals surface area contributed by atoms with E-state index >= 15 is 0 Å². The minimum absolute atomic E-state index is 0.500. The van der Waals surface area contributed by atoms with E-state index in [9.17, 15) is 8.42 Å². The van der Waals surface area contributed by atoms with Gasteiger partial charge in [-0.2, -0.15) is 4.31 Å². The molecule has 1 aromatic carbocycles. The number of sulfonamides is 1. The van der Waals surface area contributed by atoms with Crippen molar-refractivity contribution in [3.8, 4) is 0 Å². The first kappa shape index (κ1) is 14.1. The molecule has 0 radical (unpaired) electrons. The van der Waals surface area contributed by atoms with Gasteiger partial charge in [0, 0.05) is 37.3 Å². The van der Waals surface area contributed by atoms with Gasteiger partial charge < -0.3 is 10.6 Å². The van der Waals surface area contributed by atoms with Crippen LogP contribution >= 0.6 is 0 Å². The zero-order valence-corrected chi connectivity index (χ0v) is 12.7. The fraction of sp³-hybridized carbons (Fsp3) is 0.357. The molecule has 2 aromatic rings. The maximum Gasteiger partial charge on any atom is 0.211 e. The van der Waals surface area contributed by atoms with Gasteiger partial charge in [0.2, 0.25) is 10.0 Å². The molecule has 0 saturated carbocycles. The molecular formula is C14H18N4O2S. The average molecular weight is 306 g/mol. The molecular weight excluding hydrogens is 288 g/mol. The Hall–Kier alpha value is -1.86. The second-order valence-electron chi connectivity index (χ2n) is 5.27. The molecule has 0 atom stereocenters. The van der Waals surface area contributed by atoms with Crippen molar-refractivity contribution in [2.45, 2.75) is 0 Å². The average Bonchev–Trinajstić information content (AvgIpc) is 2.46. The molecule has 1 saturated heterocycles. The summed E-state index contributed by atoms with van der Waals surface area (Å²) in [7, 11) is -3.10. The van der Waals surface area contributed by atoms with Crippen LogP contribution in [0.5, 0.6) is 0 Å². The molecule has 3 rings (SSSR count). The molecule has 0 amide bonds. The largest absolute Gasteiger partial charge is 0.399 e. The van der Waals surface area contributed by atoms with E-state index in [1.165, 1.54) is 10.6 Å². The summed E-state index contributed by atoms with van der Waals surface area (Å²) < 4.78 is 24.5. The number of benzene rings is 1. The predicted octanol–water partition coefficient (Wildman–Crippen LogP) is 0.899. The number of aromatic nitrogens is 1. The highest BCUT2D eigenvalue weighted by molar-refractivity contribution is 7.88. The van der Waals surface area contributed by atoms with Crippen LogP contribution in [0.15, 0.2) is 30.3 Å². The summed E-state index contributed by atoms with van der Waals surface area (Å²) in [4.78, 5) is 6.74. The topological polar surface area (TPSA) is 79.5 Å². The van der Waals surface area contributed by atoms with Gasteiger partial charge in [-0.3, -0.25) is 0 Å². The first-order valence-electron chi connectivity index (χ1n) is 6.80. The fourth-order valence-corrected chi connectivity index (χ4v) is 3.38. The van der Waals surface area contributed by atoms with Crippen molar-refractivity contribution >= 4 is 32.4 Å². The standard InChI is InChI=1S/C14H18N4O2S/c1-21(19,20)18-8-6-17(7-9-18)14-5-2-11-10-12(15)3-4-13(11)16-14/h2-5,10H,6-9,15H2,1H3. The molecule has 0 aliphatic carbocycles. The number of nitrogen functional groups attached to an aromatic ring is 1. The lowest BCUT2D eigenvalue weighted by Crippen LogP contribution is -2.48. The van der Waals surface area contributed by atoms with Crippen LogP contribution in [0.25, 0.3) is 10.9 Å². The predicted molar refractivity (Wildman–Crippen MR) is 84.8 cm³/mol. The molecule has 1 aromatic heterocycles. The van der Waals surface area contributed by atoms with Crippen molar-refractivity contribution in [2.24, 2.45) is 0 Å². The Balaban J connectivity index is 1.81. The molecule has 6 nitrogen and oxygen atoms in total. The SMILES string of the molecule is CS(=O)(=O)N1CCN(c2ccc3cc(N)ccc3n2)CC1. The highest BCUT2D eigenvalue weighted by Gasteiger charge is 2.23. The van der Waals surface area contributed by atoms with Crippen molar-refractivity contribution in [2.75, 3.05) is 43.1 Å². The van der Waals surface area contributed by atoms with Gasteiger partial charge >= 0.3 is 0 Å². The molecule has 112 valence electrons. The number of rotatable bonds is 2. The smallest absolute Gasteiger partial charge is 0.211 e. The minimum atomic E-state index is -3.10. The van der Waals surface area contributed by atoms with Gasteiger partial charge in [-0.1, -0.05) is 0 Å². The molecule has 0 bridgehead atoms. The number of fused-ring (bicyclic) bond motifs is 1. The zero-order chi connectivity index (χ0) is 15.0. The molecule has 1 aliphatic rings. The molecule has 21 heavy (non-hydrogen) atoms. The number of hydrogen-bond donors (Lipinski definition) is 1. The Bertz CT molecular complexity index is 768. The Labute approximate surface area is 124 Å². The van der Waals surface area contributed by atoms with E-state index in [1.807, 2.05) is 30.3 Å². The molecule has 1 fully saturated rings. The maximum absolute atomic E-state index is 11.5. The number of hydrogen-bond acceptors (Lipinski definition) is 5. The van der Waals surface area contributed by atoms with Crippen molar-refractivity contribution in [3.63, 3.8) is 0 Å². The summed E-state index contributed by atoms with van der Waals surface area (Å²) >= 11 is 0. The van der Waals surface area contributed by atoms with Gasteiger partial charge in [-0.15, -0.1) is 0 Å². The number of piperazine rings is 1. The van der Waals surface area contributed by atoms with E-state index in [2.05, 4.69) is 9.88 Å². The van der Waals surface area contributed by atoms with Crippen molar-refractivity contribution < 1.29 is 8.42 Å². The van der Waals surface area contributed by atoms with Gasteiger partial charge in [-0.25, -0.2) is 13.4 Å². The Morgan fingerprint density at radius 1 is 1.10 bits per heavy atom. The van der Waals surface area contributed by atoms with Crippen LogP contribution in [0.4, 0.5) is 11.5 Å². The molecule has 1 aliphatic heterocycles. The summed E-state index contributed by atoms with van der Waals surface area (Å²) in [6.07, 6.45) is 1.25. The van der Waals surface area contributed by atoms with Crippen LogP contribution in [0.2, 0.25) is 0 Å². The molecule has 0 unspecified atom stereocenters. The van der Waals surface area contributed by atoms with Crippen molar-refractivity contribution in [1.29, 1.82) is 0 Å². The molecule has 0 spiro atoms. The van der Waals surface area contributed by atoms with E-state index in [0.717, 1.165) is 22.4 Å². The summed E-state index contributed by atoms with van der Waals surface area (Å²) in [6, 6.07) is 9.59. The number of pyridine rings is 1. The summed E-state index contributed by atoms with van der Waals surface area (Å²) in [6.45, 7) is 2.31. The van der Waals surface area contributed by atoms with E-state index in [-0.39, 0.29) is 0 Å². The molecule has 2 N–H and O–H groups in total. The third-order valence-electron chi connectivity index (χ3n) is 3.73. The number of anilines is 2. The monoisotopic (exact) mass is 306 g/mol. The first-order chi connectivity index (χ1) is 9.93. The lowest BCUT2D eigenvalue weighted by Gasteiger charge is -2.34. The van der Waals surface area contributed by atoms with E-state index in [4.69, 9.17) is 5.73 Å². The van der Waals surface area contributed by atoms with Crippen LogP contribution in [0.3, 0.4) is 0 Å². The lowest BCUT2D eigenvalue weighted by molar-refractivity contribution is 0.387. The minimum Gasteiger partial charge on any atom is -0.399 e. The van der Waals surface area contributed by atoms with Gasteiger partial charge in [0.05, 0.1) is 11.8 Å². The van der Waals surface area contributed by atoms with E-state index in [1.54, 1.807) is 0 Å². The van der Waals surface area contributed by atoms with Gasteiger partial charge in [0.1, 0.15) is 5.82 Å². The van der Waals surface area contributed by atoms with Crippen molar-refractivity contribution in [1.82, 2.24) is 9.29 Å². The van der Waals surface area contributed by atoms with E-state index < -0.39 is 10.0 Å². The van der Waals surface area contributed by atoms with Gasteiger partial charge in [-0.05, 0) is 30.3 Å². The Kier molecular flexibility index (Phi) is 3.46. The zero-order valence-electron chi connectivity index (χ0n) is 11.9. The highest BCUT2D eigenvalue weighted by Crippen LogP contribution is 2.21. The van der Waals surface area contributed by atoms with Crippen molar-refractivity contribution in [3.05, 3.63) is 30.3 Å². The second kappa shape index (κ2) is 5.16. The number of nitrogens with zero attached hydrogens (tertiary/aromatic N) is 3. The Morgan fingerprint density at radius 3 is 2.48 bits per heavy atom. The second-order valence-corrected chi connectivity index (χ2v) is 7.25. The third kappa shape index (κ3) is 2.93. The van der Waals surface area contributed by atoms with Gasteiger partial charge in [0.15, 0.2) is 0 Å². The van der Waals surface area contributed by atoms with Crippen LogP contribution < -0.4 is 10.6 Å². The van der Waals surface area contributed by atoms with Crippen LogP contribution in [0.1, 0.15) is 0 Å². The summed E-state index contributed by atoms with van der Waals surface area (Å²) in [5.74, 6) is 0.875. The molecule has 2 heterocycles. The fourth-order valence-electron chi connectivity index (χ4n) is 2.56. The van der Waals surface area contributed by atoms with E-state index in [0.29, 0.717) is 26.2 Å². The normalized spacial score (nSPS) is 17.3. The number of nitrogens with two attached hydrogens (primary N) is 1. The third-order valence-corrected chi connectivity index (χ3v) is 5.03. The highest BCUT2D eigenvalue weighted by atomic mass is 32.2. The summed E-state index contributed by atoms with van der Waals surface area (Å²) in [5, 5.41) is 1.01. The first-order valence-corrected chi connectivity index (χ1v) is 8.65. The van der Waals surface area contributed by atoms with Crippen LogP contribution in [-0.4, -0.2) is 50.1 Å². The van der Waals surface area contributed by atoms with Crippen LogP contribution in [0, 0.1) is 0 Å². The van der Waals surface area contributed by atoms with Crippen LogP contribution in [-0.2, 0) is 10.0 Å². The van der Waals surface area contributed by atoms with Gasteiger partial charge in [0.25, 0.3) is 0 Å². The Morgan fingerprint density at radius 2 is 1.81 bits per heavy atom. The molecule has 7 heteroatoms. The summed E-state index contributed by atoms with van der Waals surface area (Å²) in [5.41, 5.74) is 7.38. The lowest BCUT2D eigenvalue weighted by atomic mass is 10.2. The maximum atomic E-state index is 11.5.